The van der Waals surface area contributed by atoms with Gasteiger partial charge in [-0.15, -0.1) is 0 Å². The first-order valence-electron chi connectivity index (χ1n) is 9.32. The summed E-state index contributed by atoms with van der Waals surface area (Å²) in [5.74, 6) is -5.38. The van der Waals surface area contributed by atoms with Crippen molar-refractivity contribution >= 4 is 17.9 Å². The van der Waals surface area contributed by atoms with Gasteiger partial charge in [-0.05, 0) is 33.1 Å². The first-order valence-corrected chi connectivity index (χ1v) is 9.32. The van der Waals surface area contributed by atoms with Crippen molar-refractivity contribution in [3.63, 3.8) is 0 Å². The molecule has 1 saturated heterocycles. The molecule has 2 bridgehead atoms. The average molecular weight is 446 g/mol. The van der Waals surface area contributed by atoms with E-state index in [0.29, 0.717) is 6.42 Å². The standard InChI is InChI=1S/C18H20F6O6/c1-4-15(2,3)12(25)28-9-7-5-8-10(9)29-13(26)16(8,6-7)14(27)30-11(17(19,20)21)18(22,23)24/h7-11H,4-6H2,1-3H3. The largest absolute Gasteiger partial charge is 0.458 e. The summed E-state index contributed by atoms with van der Waals surface area (Å²) in [4.78, 5) is 37.2. The molecule has 0 aromatic carbocycles. The number of carbonyl (C=O) groups excluding carboxylic acids is 3. The van der Waals surface area contributed by atoms with Crippen LogP contribution in [-0.4, -0.2) is 48.6 Å². The number of carbonyl (C=O) groups is 3. The Balaban J connectivity index is 1.81. The SMILES string of the molecule is CCC(C)(C)C(=O)OC1C2CC3C1OC(=O)C3(C(=O)OC(C(F)(F)F)C(F)(F)F)C2. The van der Waals surface area contributed by atoms with E-state index in [1.807, 2.05) is 0 Å². The van der Waals surface area contributed by atoms with Crippen molar-refractivity contribution in [3.8, 4) is 0 Å². The summed E-state index contributed by atoms with van der Waals surface area (Å²) in [6.07, 6.45) is -18.0. The highest BCUT2D eigenvalue weighted by Crippen LogP contribution is 2.63. The minimum Gasteiger partial charge on any atom is -0.458 e. The summed E-state index contributed by atoms with van der Waals surface area (Å²) in [6, 6.07) is 0. The third-order valence-electron chi connectivity index (χ3n) is 6.43. The second-order valence-corrected chi connectivity index (χ2v) is 8.62. The number of esters is 3. The second kappa shape index (κ2) is 6.74. The smallest absolute Gasteiger partial charge is 0.434 e. The molecule has 5 unspecified atom stereocenters. The molecule has 5 atom stereocenters. The molecule has 2 aliphatic carbocycles. The molecule has 0 spiro atoms. The summed E-state index contributed by atoms with van der Waals surface area (Å²) in [7, 11) is 0. The van der Waals surface area contributed by atoms with Gasteiger partial charge in [-0.3, -0.25) is 14.4 Å². The predicted molar refractivity (Wildman–Crippen MR) is 84.5 cm³/mol. The van der Waals surface area contributed by atoms with Gasteiger partial charge in [0.05, 0.1) is 5.41 Å². The Kier molecular flexibility index (Phi) is 5.10. The minimum absolute atomic E-state index is 0.0821. The minimum atomic E-state index is -5.89. The van der Waals surface area contributed by atoms with E-state index < -0.39 is 77.7 Å². The summed E-state index contributed by atoms with van der Waals surface area (Å²) in [5, 5.41) is 0. The molecule has 30 heavy (non-hydrogen) atoms. The lowest BCUT2D eigenvalue weighted by atomic mass is 9.73. The van der Waals surface area contributed by atoms with Gasteiger partial charge in [0.2, 0.25) is 0 Å². The zero-order valence-electron chi connectivity index (χ0n) is 16.2. The van der Waals surface area contributed by atoms with E-state index >= 15 is 0 Å². The first kappa shape index (κ1) is 22.7. The lowest BCUT2D eigenvalue weighted by Crippen LogP contribution is -2.51. The molecule has 0 N–H and O–H groups in total. The van der Waals surface area contributed by atoms with Crippen LogP contribution >= 0.6 is 0 Å². The molecule has 2 saturated carbocycles. The van der Waals surface area contributed by atoms with E-state index in [9.17, 15) is 40.7 Å². The quantitative estimate of drug-likeness (QED) is 0.279. The molecule has 0 aromatic rings. The molecule has 3 aliphatic rings. The molecule has 0 amide bonds. The summed E-state index contributed by atoms with van der Waals surface area (Å²) >= 11 is 0. The van der Waals surface area contributed by atoms with Gasteiger partial charge in [-0.1, -0.05) is 6.92 Å². The highest BCUT2D eigenvalue weighted by molar-refractivity contribution is 6.03. The topological polar surface area (TPSA) is 78.9 Å². The highest BCUT2D eigenvalue weighted by atomic mass is 19.4. The van der Waals surface area contributed by atoms with Crippen LogP contribution in [0.2, 0.25) is 0 Å². The number of ether oxygens (including phenoxy) is 3. The molecule has 6 nitrogen and oxygen atoms in total. The van der Waals surface area contributed by atoms with Gasteiger partial charge in [-0.25, -0.2) is 0 Å². The molecule has 0 radical (unpaired) electrons. The normalized spacial score (nSPS) is 33.1. The molecule has 3 rings (SSSR count). The van der Waals surface area contributed by atoms with E-state index in [1.54, 1.807) is 20.8 Å². The van der Waals surface area contributed by atoms with Crippen LogP contribution in [0, 0.1) is 22.7 Å². The van der Waals surface area contributed by atoms with E-state index in [1.165, 1.54) is 0 Å². The van der Waals surface area contributed by atoms with Crippen LogP contribution in [0.3, 0.4) is 0 Å². The number of rotatable bonds is 5. The summed E-state index contributed by atoms with van der Waals surface area (Å²) < 4.78 is 91.0. The third-order valence-corrected chi connectivity index (χ3v) is 6.43. The van der Waals surface area contributed by atoms with E-state index in [0.717, 1.165) is 0 Å². The maximum absolute atomic E-state index is 12.8. The van der Waals surface area contributed by atoms with E-state index in [2.05, 4.69) is 4.74 Å². The Labute approximate surface area is 167 Å². The fourth-order valence-corrected chi connectivity index (χ4v) is 4.39. The van der Waals surface area contributed by atoms with Crippen molar-refractivity contribution in [2.24, 2.45) is 22.7 Å². The fourth-order valence-electron chi connectivity index (χ4n) is 4.39. The third kappa shape index (κ3) is 3.31. The molecule has 0 aromatic heterocycles. The van der Waals surface area contributed by atoms with Crippen LogP contribution in [0.5, 0.6) is 0 Å². The first-order chi connectivity index (χ1) is 13.6. The van der Waals surface area contributed by atoms with E-state index in [4.69, 9.17) is 9.47 Å². The molecule has 170 valence electrons. The zero-order chi connectivity index (χ0) is 22.9. The number of fused-ring (bicyclic) bond motifs is 1. The van der Waals surface area contributed by atoms with Crippen LogP contribution < -0.4 is 0 Å². The van der Waals surface area contributed by atoms with Gasteiger partial charge in [-0.2, -0.15) is 26.3 Å². The molecular weight excluding hydrogens is 426 g/mol. The number of halogens is 6. The highest BCUT2D eigenvalue weighted by Gasteiger charge is 2.76. The molecule has 1 heterocycles. The molecule has 12 heteroatoms. The average Bonchev–Trinajstić information content (AvgIpc) is 3.19. The van der Waals surface area contributed by atoms with Crippen LogP contribution in [0.25, 0.3) is 0 Å². The molecule has 3 fully saturated rings. The monoisotopic (exact) mass is 446 g/mol. The predicted octanol–water partition coefficient (Wildman–Crippen LogP) is 3.32. The lowest BCUT2D eigenvalue weighted by molar-refractivity contribution is -0.315. The summed E-state index contributed by atoms with van der Waals surface area (Å²) in [5.41, 5.74) is -3.10. The number of alkyl halides is 6. The van der Waals surface area contributed by atoms with Crippen LogP contribution in [0.4, 0.5) is 26.3 Å². The maximum Gasteiger partial charge on any atom is 0.434 e. The van der Waals surface area contributed by atoms with Gasteiger partial charge >= 0.3 is 30.3 Å². The Morgan fingerprint density at radius 2 is 1.73 bits per heavy atom. The van der Waals surface area contributed by atoms with Crippen molar-refractivity contribution < 1.29 is 54.9 Å². The van der Waals surface area contributed by atoms with E-state index in [-0.39, 0.29) is 6.42 Å². The summed E-state index contributed by atoms with van der Waals surface area (Å²) in [6.45, 7) is 5.04. The van der Waals surface area contributed by atoms with Crippen LogP contribution in [-0.2, 0) is 28.6 Å². The van der Waals surface area contributed by atoms with Gasteiger partial charge in [0.25, 0.3) is 6.10 Å². The molecular formula is C18H20F6O6. The zero-order valence-corrected chi connectivity index (χ0v) is 16.2. The van der Waals surface area contributed by atoms with Gasteiger partial charge in [0, 0.05) is 11.8 Å². The van der Waals surface area contributed by atoms with Crippen molar-refractivity contribution in [2.45, 2.75) is 70.7 Å². The van der Waals surface area contributed by atoms with Crippen molar-refractivity contribution in [2.75, 3.05) is 0 Å². The van der Waals surface area contributed by atoms with Crippen molar-refractivity contribution in [1.29, 1.82) is 0 Å². The fraction of sp³-hybridized carbons (Fsp3) is 0.833. The molecule has 1 aliphatic heterocycles. The maximum atomic E-state index is 12.8. The Morgan fingerprint density at radius 3 is 2.23 bits per heavy atom. The second-order valence-electron chi connectivity index (χ2n) is 8.62. The van der Waals surface area contributed by atoms with Gasteiger partial charge in [0.15, 0.2) is 5.41 Å². The van der Waals surface area contributed by atoms with Gasteiger partial charge in [0.1, 0.15) is 12.2 Å². The Morgan fingerprint density at radius 1 is 1.17 bits per heavy atom. The Bertz CT molecular complexity index is 745. The lowest BCUT2D eigenvalue weighted by Gasteiger charge is -2.33. The van der Waals surface area contributed by atoms with Crippen molar-refractivity contribution in [1.82, 2.24) is 0 Å². The van der Waals surface area contributed by atoms with Crippen LogP contribution in [0.15, 0.2) is 0 Å². The Hall–Kier alpha value is -2.01. The van der Waals surface area contributed by atoms with Crippen LogP contribution in [0.1, 0.15) is 40.0 Å². The van der Waals surface area contributed by atoms with Crippen molar-refractivity contribution in [3.05, 3.63) is 0 Å². The number of hydrogen-bond donors (Lipinski definition) is 0. The number of hydrogen-bond acceptors (Lipinski definition) is 6. The van der Waals surface area contributed by atoms with Gasteiger partial charge < -0.3 is 14.2 Å².